The van der Waals surface area contributed by atoms with Gasteiger partial charge in [-0.2, -0.15) is 0 Å². The molecule has 0 aromatic carbocycles. The summed E-state index contributed by atoms with van der Waals surface area (Å²) in [5, 5.41) is 16.0. The molecule has 4 fully saturated rings. The molecule has 0 radical (unpaired) electrons. The lowest BCUT2D eigenvalue weighted by molar-refractivity contribution is 0.279. The van der Waals surface area contributed by atoms with E-state index < -0.39 is 0 Å². The first-order chi connectivity index (χ1) is 25.7. The summed E-state index contributed by atoms with van der Waals surface area (Å²) in [6, 6.07) is 20.9. The Morgan fingerprint density at radius 1 is 0.327 bits per heavy atom. The first kappa shape index (κ1) is 34.7. The van der Waals surface area contributed by atoms with Crippen LogP contribution in [0.4, 0.5) is 0 Å². The Labute approximate surface area is 311 Å². The maximum Gasteiger partial charge on any atom is 0.0503 e. The highest BCUT2D eigenvalue weighted by Crippen LogP contribution is 2.45. The zero-order valence-corrected chi connectivity index (χ0v) is 31.5. The van der Waals surface area contributed by atoms with E-state index in [0.717, 1.165) is 26.2 Å². The van der Waals surface area contributed by atoms with E-state index in [9.17, 15) is 0 Å². The largest absolute Gasteiger partial charge is 0.360 e. The fraction of sp³-hybridized carbons (Fsp3) is 0.636. The highest BCUT2D eigenvalue weighted by atomic mass is 15.1. The highest BCUT2D eigenvalue weighted by Gasteiger charge is 2.40. The third kappa shape index (κ3) is 7.01. The second-order valence-electron chi connectivity index (χ2n) is 17.4. The number of hydrogen-bond acceptors (Lipinski definition) is 4. The summed E-state index contributed by atoms with van der Waals surface area (Å²) in [4.78, 5) is 15.8. The maximum absolute atomic E-state index is 4.01. The van der Waals surface area contributed by atoms with Crippen molar-refractivity contribution in [1.29, 1.82) is 0 Å². The summed E-state index contributed by atoms with van der Waals surface area (Å²) in [7, 11) is 0. The molecule has 4 atom stereocenters. The monoisotopic (exact) mass is 705 g/mol. The lowest BCUT2D eigenvalue weighted by Gasteiger charge is -2.36. The van der Waals surface area contributed by atoms with Gasteiger partial charge in [0.2, 0.25) is 0 Å². The van der Waals surface area contributed by atoms with Crippen molar-refractivity contribution in [2.45, 2.75) is 177 Å². The van der Waals surface area contributed by atoms with Gasteiger partial charge in [-0.25, -0.2) is 0 Å². The molecule has 280 valence electrons. The van der Waals surface area contributed by atoms with E-state index in [2.05, 4.69) is 89.7 Å². The van der Waals surface area contributed by atoms with Crippen molar-refractivity contribution in [1.82, 2.24) is 41.2 Å². The molecule has 4 aliphatic carbocycles. The minimum atomic E-state index is 0.0452. The number of nitrogens with one attached hydrogen (secondary N) is 8. The van der Waals surface area contributed by atoms with Crippen LogP contribution in [-0.2, 0) is 37.0 Å². The van der Waals surface area contributed by atoms with E-state index in [0.29, 0.717) is 24.2 Å². The van der Waals surface area contributed by atoms with Gasteiger partial charge in [-0.15, -0.1) is 0 Å². The minimum Gasteiger partial charge on any atom is -0.360 e. The van der Waals surface area contributed by atoms with Gasteiger partial charge in [0.15, 0.2) is 0 Å². The summed E-state index contributed by atoms with van der Waals surface area (Å²) < 4.78 is 0. The van der Waals surface area contributed by atoms with Crippen molar-refractivity contribution in [3.63, 3.8) is 0 Å². The number of aromatic amines is 4. The van der Waals surface area contributed by atoms with E-state index in [1.165, 1.54) is 161 Å². The molecule has 9 rings (SSSR count). The Bertz CT molecular complexity index is 1490. The lowest BCUT2D eigenvalue weighted by Crippen LogP contribution is -2.49. The van der Waals surface area contributed by atoms with E-state index in [-0.39, 0.29) is 10.8 Å². The van der Waals surface area contributed by atoms with Crippen LogP contribution in [0, 0.1) is 0 Å². The van der Waals surface area contributed by atoms with Crippen LogP contribution in [0.2, 0.25) is 0 Å². The molecule has 8 heteroatoms. The van der Waals surface area contributed by atoms with Gasteiger partial charge in [-0.05, 0) is 99.9 Å². The number of hydrogen-bond donors (Lipinski definition) is 8. The van der Waals surface area contributed by atoms with Crippen LogP contribution in [0.3, 0.4) is 0 Å². The molecule has 8 nitrogen and oxygen atoms in total. The molecule has 4 aromatic rings. The average Bonchev–Trinajstić information content (AvgIpc) is 4.04. The molecule has 0 saturated heterocycles. The number of H-pyrrole nitrogens is 4. The van der Waals surface area contributed by atoms with Gasteiger partial charge >= 0.3 is 0 Å². The summed E-state index contributed by atoms with van der Waals surface area (Å²) in [6.45, 7) is 3.57. The Hall–Kier alpha value is -3.04. The number of fused-ring (bicyclic) bond motifs is 14. The van der Waals surface area contributed by atoms with Crippen LogP contribution < -0.4 is 21.3 Å². The van der Waals surface area contributed by atoms with Crippen LogP contribution in [-0.4, -0.2) is 44.1 Å². The van der Waals surface area contributed by atoms with Gasteiger partial charge in [0.25, 0.3) is 0 Å². The molecular formula is C44H64N8. The number of aromatic nitrogens is 4. The number of rotatable bonds is 0. The van der Waals surface area contributed by atoms with E-state index in [1.807, 2.05) is 0 Å². The Balaban J connectivity index is 1.01. The van der Waals surface area contributed by atoms with Crippen LogP contribution in [0.5, 0.6) is 0 Å². The van der Waals surface area contributed by atoms with Crippen molar-refractivity contribution in [3.8, 4) is 0 Å². The van der Waals surface area contributed by atoms with Gasteiger partial charge in [-0.1, -0.05) is 64.2 Å². The molecule has 5 aliphatic rings. The Kier molecular flexibility index (Phi) is 10.3. The fourth-order valence-corrected chi connectivity index (χ4v) is 11.2. The third-order valence-corrected chi connectivity index (χ3v) is 14.2. The molecule has 52 heavy (non-hydrogen) atoms. The Morgan fingerprint density at radius 2 is 0.596 bits per heavy atom. The quantitative estimate of drug-likeness (QED) is 0.0944. The molecule has 8 N–H and O–H groups in total. The summed E-state index contributed by atoms with van der Waals surface area (Å²) in [6.07, 6.45) is 22.8. The molecule has 8 bridgehead atoms. The van der Waals surface area contributed by atoms with Crippen LogP contribution in [0.15, 0.2) is 48.5 Å². The van der Waals surface area contributed by atoms with Gasteiger partial charge in [0.05, 0.1) is 10.8 Å². The van der Waals surface area contributed by atoms with E-state index >= 15 is 0 Å². The zero-order valence-electron chi connectivity index (χ0n) is 31.5. The predicted molar refractivity (Wildman–Crippen MR) is 210 cm³/mol. The first-order valence-electron chi connectivity index (χ1n) is 21.3. The van der Waals surface area contributed by atoms with Crippen molar-refractivity contribution in [3.05, 3.63) is 94.1 Å². The van der Waals surface area contributed by atoms with E-state index in [4.69, 9.17) is 0 Å². The zero-order chi connectivity index (χ0) is 34.8. The molecular weight excluding hydrogens is 641 g/mol. The van der Waals surface area contributed by atoms with Gasteiger partial charge in [0, 0.05) is 95.9 Å². The fourth-order valence-electron chi connectivity index (χ4n) is 11.2. The molecule has 4 saturated carbocycles. The SMILES string of the molecule is c1cc2[nH]c1CN[C@@H]1CCCC[C@H]1NCc1ccc([nH]1)C1(CCCCC1)c1ccc([nH]1)CN[C@@H]1CCCC[C@H]1NCc1ccc([nH]1)C21CCCCC1. The maximum atomic E-state index is 4.01. The second-order valence-corrected chi connectivity index (χ2v) is 17.4. The second kappa shape index (κ2) is 15.4. The summed E-state index contributed by atoms with van der Waals surface area (Å²) in [5.74, 6) is 0. The normalized spacial score (nSPS) is 28.6. The standard InChI is InChI=1S/C44H64N8/c1-7-23-43(24-8-1)39-19-15-31(49-39)27-45-35-11-3-5-13-37(35)47-29-33-17-21-41(51-33)44(25-9-2-10-26-44)42-22-18-34(52-42)30-48-38-14-6-4-12-36(38)46-28-32-16-20-40(43)50-32/h15-22,35-38,45-52H,1-14,23-30H2/t35-,36-,37-,38-/m1/s1. The first-order valence-corrected chi connectivity index (χ1v) is 21.3. The smallest absolute Gasteiger partial charge is 0.0503 e. The minimum absolute atomic E-state index is 0.0452. The Morgan fingerprint density at radius 3 is 0.865 bits per heavy atom. The van der Waals surface area contributed by atoms with Crippen molar-refractivity contribution >= 4 is 0 Å². The third-order valence-electron chi connectivity index (χ3n) is 14.2. The van der Waals surface area contributed by atoms with Crippen molar-refractivity contribution < 1.29 is 0 Å². The van der Waals surface area contributed by atoms with Gasteiger partial charge < -0.3 is 41.2 Å². The average molecular weight is 705 g/mol. The van der Waals surface area contributed by atoms with Crippen LogP contribution in [0.1, 0.15) is 161 Å². The predicted octanol–water partition coefficient (Wildman–Crippen LogP) is 8.19. The van der Waals surface area contributed by atoms with Gasteiger partial charge in [0.1, 0.15) is 0 Å². The summed E-state index contributed by atoms with van der Waals surface area (Å²) in [5.41, 5.74) is 10.9. The summed E-state index contributed by atoms with van der Waals surface area (Å²) >= 11 is 0. The molecule has 0 unspecified atom stereocenters. The lowest BCUT2D eigenvalue weighted by atomic mass is 9.69. The molecule has 0 amide bonds. The van der Waals surface area contributed by atoms with Crippen molar-refractivity contribution in [2.24, 2.45) is 0 Å². The van der Waals surface area contributed by atoms with Gasteiger partial charge in [-0.3, -0.25) is 0 Å². The van der Waals surface area contributed by atoms with Crippen molar-refractivity contribution in [2.75, 3.05) is 0 Å². The highest BCUT2D eigenvalue weighted by molar-refractivity contribution is 5.37. The molecule has 5 heterocycles. The molecule has 2 spiro atoms. The topological polar surface area (TPSA) is 111 Å². The van der Waals surface area contributed by atoms with Crippen LogP contribution in [0.25, 0.3) is 0 Å². The van der Waals surface area contributed by atoms with Crippen LogP contribution >= 0.6 is 0 Å². The van der Waals surface area contributed by atoms with E-state index in [1.54, 1.807) is 0 Å². The molecule has 1 aliphatic heterocycles. The molecule has 4 aromatic heterocycles.